The number of aromatic nitrogens is 2. The Hall–Kier alpha value is -4.54. The average Bonchev–Trinajstić information content (AvgIpc) is 2.91. The van der Waals surface area contributed by atoms with Gasteiger partial charge in [0.1, 0.15) is 23.3 Å². The van der Waals surface area contributed by atoms with Crippen LogP contribution in [0.25, 0.3) is 22.3 Å². The maximum Gasteiger partial charge on any atom is 0.269 e. The van der Waals surface area contributed by atoms with Crippen LogP contribution in [0.2, 0.25) is 10.0 Å². The summed E-state index contributed by atoms with van der Waals surface area (Å²) in [4.78, 5) is 25.8. The van der Waals surface area contributed by atoms with Crippen LogP contribution in [0, 0.1) is 34.5 Å². The summed E-state index contributed by atoms with van der Waals surface area (Å²) in [5.41, 5.74) is 2.90. The minimum atomic E-state index is -0.375. The number of nitrogens with zero attached hydrogens (tertiary/aromatic N) is 3. The van der Waals surface area contributed by atoms with Crippen LogP contribution in [0.3, 0.4) is 0 Å². The van der Waals surface area contributed by atoms with E-state index >= 15 is 0 Å². The van der Waals surface area contributed by atoms with Gasteiger partial charge in [-0.1, -0.05) is 60.3 Å². The van der Waals surface area contributed by atoms with Gasteiger partial charge >= 0.3 is 0 Å². The highest BCUT2D eigenvalue weighted by Gasteiger charge is 2.07. The van der Waals surface area contributed by atoms with E-state index in [0.29, 0.717) is 10.0 Å². The molecule has 0 spiro atoms. The number of hydrogen-bond donors (Lipinski definition) is 1. The molecule has 0 atom stereocenters. The Bertz CT molecular complexity index is 1660. The van der Waals surface area contributed by atoms with Gasteiger partial charge < -0.3 is 9.55 Å². The van der Waals surface area contributed by atoms with Crippen LogP contribution in [0.1, 0.15) is 24.5 Å². The number of rotatable bonds is 3. The van der Waals surface area contributed by atoms with E-state index < -0.39 is 0 Å². The fourth-order valence-electron chi connectivity index (χ4n) is 3.28. The van der Waals surface area contributed by atoms with Crippen LogP contribution in [0.4, 0.5) is 0 Å². The van der Waals surface area contributed by atoms with Crippen molar-refractivity contribution in [1.29, 1.82) is 10.5 Å². The van der Waals surface area contributed by atoms with Crippen LogP contribution < -0.4 is 11.1 Å². The Labute approximate surface area is 224 Å². The Kier molecular flexibility index (Phi) is 9.48. The van der Waals surface area contributed by atoms with Gasteiger partial charge in [0.2, 0.25) is 0 Å². The van der Waals surface area contributed by atoms with Crippen molar-refractivity contribution in [2.24, 2.45) is 0 Å². The molecule has 182 valence electrons. The number of nitriles is 2. The predicted octanol–water partition coefficient (Wildman–Crippen LogP) is 6.02. The number of halogens is 2. The molecule has 0 radical (unpaired) electrons. The maximum absolute atomic E-state index is 12.1. The number of hydrogen-bond acceptors (Lipinski definition) is 4. The Morgan fingerprint density at radius 2 is 1.32 bits per heavy atom. The summed E-state index contributed by atoms with van der Waals surface area (Å²) in [5, 5.41) is 19.1. The first kappa shape index (κ1) is 27.1. The summed E-state index contributed by atoms with van der Waals surface area (Å²) < 4.78 is 1.46. The van der Waals surface area contributed by atoms with Gasteiger partial charge in [-0.2, -0.15) is 10.5 Å². The second-order valence-corrected chi connectivity index (χ2v) is 8.52. The Morgan fingerprint density at radius 3 is 1.86 bits per heavy atom. The standard InChI is InChI=1S/C17H13ClN2O.C12H7ClN2O/c1-2-3-4-9-20-12-15(10-14(11-19)17(20)21)13-5-7-16(18)8-6-13;13-11-3-1-8(2-4-11)10-5-9(6-14)12(16)15-7-10/h5-8,10,12H,2,9H2,1H3;1-5,7H,(H,15,16). The van der Waals surface area contributed by atoms with Crippen molar-refractivity contribution in [2.45, 2.75) is 19.9 Å². The number of H-pyrrole nitrogens is 1. The van der Waals surface area contributed by atoms with Gasteiger partial charge in [0.05, 0.1) is 6.54 Å². The molecule has 2 aromatic heterocycles. The minimum Gasteiger partial charge on any atom is -0.327 e. The number of benzene rings is 2. The van der Waals surface area contributed by atoms with Gasteiger partial charge in [0.25, 0.3) is 11.1 Å². The summed E-state index contributed by atoms with van der Waals surface area (Å²) in [6.07, 6.45) is 4.03. The molecule has 2 aromatic carbocycles. The van der Waals surface area contributed by atoms with Gasteiger partial charge in [-0.05, 0) is 58.7 Å². The topological polar surface area (TPSA) is 102 Å². The zero-order chi connectivity index (χ0) is 26.8. The molecule has 1 N–H and O–H groups in total. The van der Waals surface area contributed by atoms with Gasteiger partial charge in [-0.25, -0.2) is 0 Å². The molecule has 0 amide bonds. The SMILES string of the molecule is CCC#CCn1cc(-c2ccc(Cl)cc2)cc(C#N)c1=O.N#Cc1cc(-c2ccc(Cl)cc2)c[nH]c1=O. The van der Waals surface area contributed by atoms with E-state index in [1.54, 1.807) is 48.8 Å². The van der Waals surface area contributed by atoms with E-state index in [-0.39, 0.29) is 28.8 Å². The van der Waals surface area contributed by atoms with Crippen LogP contribution in [-0.2, 0) is 6.54 Å². The van der Waals surface area contributed by atoms with Crippen LogP contribution in [-0.4, -0.2) is 9.55 Å². The van der Waals surface area contributed by atoms with E-state index in [1.807, 2.05) is 43.3 Å². The van der Waals surface area contributed by atoms with E-state index in [4.69, 9.17) is 33.7 Å². The molecular formula is C29H20Cl2N4O2. The van der Waals surface area contributed by atoms with Gasteiger partial charge in [-0.15, -0.1) is 5.92 Å². The molecule has 0 saturated carbocycles. The van der Waals surface area contributed by atoms with Gasteiger partial charge in [-0.3, -0.25) is 9.59 Å². The summed E-state index contributed by atoms with van der Waals surface area (Å²) >= 11 is 11.6. The van der Waals surface area contributed by atoms with Crippen molar-refractivity contribution >= 4 is 23.2 Å². The van der Waals surface area contributed by atoms with Crippen LogP contribution in [0.5, 0.6) is 0 Å². The lowest BCUT2D eigenvalue weighted by molar-refractivity contribution is 0.793. The highest BCUT2D eigenvalue weighted by atomic mass is 35.5. The second-order valence-electron chi connectivity index (χ2n) is 7.65. The van der Waals surface area contributed by atoms with Crippen LogP contribution in [0.15, 0.2) is 82.6 Å². The molecule has 0 bridgehead atoms. The summed E-state index contributed by atoms with van der Waals surface area (Å²) in [6, 6.07) is 21.4. The van der Waals surface area contributed by atoms with Crippen molar-refractivity contribution in [3.63, 3.8) is 0 Å². The Balaban J connectivity index is 0.000000213. The fraction of sp³-hybridized carbons (Fsp3) is 0.103. The highest BCUT2D eigenvalue weighted by molar-refractivity contribution is 6.30. The van der Waals surface area contributed by atoms with E-state index in [2.05, 4.69) is 16.8 Å². The third-order valence-corrected chi connectivity index (χ3v) is 5.64. The number of nitrogens with one attached hydrogen (secondary N) is 1. The van der Waals surface area contributed by atoms with Crippen molar-refractivity contribution in [1.82, 2.24) is 9.55 Å². The molecule has 37 heavy (non-hydrogen) atoms. The third kappa shape index (κ3) is 7.23. The lowest BCUT2D eigenvalue weighted by Gasteiger charge is -2.07. The molecule has 4 rings (SSSR count). The minimum absolute atomic E-state index is 0.104. The molecule has 0 saturated heterocycles. The van der Waals surface area contributed by atoms with Crippen molar-refractivity contribution < 1.29 is 0 Å². The molecule has 0 aliphatic carbocycles. The number of aromatic amines is 1. The van der Waals surface area contributed by atoms with Gasteiger partial charge in [0.15, 0.2) is 0 Å². The summed E-state index contributed by atoms with van der Waals surface area (Å²) in [6.45, 7) is 2.23. The molecule has 0 aliphatic heterocycles. The first-order chi connectivity index (χ1) is 17.9. The molecule has 0 aliphatic rings. The maximum atomic E-state index is 12.1. The largest absolute Gasteiger partial charge is 0.327 e. The van der Waals surface area contributed by atoms with Crippen molar-refractivity contribution in [3.8, 4) is 46.2 Å². The lowest BCUT2D eigenvalue weighted by Crippen LogP contribution is -2.21. The predicted molar refractivity (Wildman–Crippen MR) is 146 cm³/mol. The Morgan fingerprint density at radius 1 is 0.784 bits per heavy atom. The first-order valence-electron chi connectivity index (χ1n) is 11.1. The second kappa shape index (κ2) is 13.0. The third-order valence-electron chi connectivity index (χ3n) is 5.14. The summed E-state index contributed by atoms with van der Waals surface area (Å²) in [5.74, 6) is 5.83. The molecular weight excluding hydrogens is 507 g/mol. The average molecular weight is 527 g/mol. The van der Waals surface area contributed by atoms with E-state index in [1.165, 1.54) is 4.57 Å². The van der Waals surface area contributed by atoms with Gasteiger partial charge in [0, 0.05) is 28.9 Å². The molecule has 0 unspecified atom stereocenters. The van der Waals surface area contributed by atoms with Crippen molar-refractivity contribution in [3.05, 3.63) is 115 Å². The van der Waals surface area contributed by atoms with E-state index in [0.717, 1.165) is 28.7 Å². The normalized spacial score (nSPS) is 9.65. The van der Waals surface area contributed by atoms with E-state index in [9.17, 15) is 9.59 Å². The monoisotopic (exact) mass is 526 g/mol. The lowest BCUT2D eigenvalue weighted by atomic mass is 10.1. The molecule has 2 heterocycles. The van der Waals surface area contributed by atoms with Crippen LogP contribution >= 0.6 is 23.2 Å². The zero-order valence-corrected chi connectivity index (χ0v) is 21.3. The smallest absolute Gasteiger partial charge is 0.269 e. The first-order valence-corrected chi connectivity index (χ1v) is 11.9. The molecule has 4 aromatic rings. The molecule has 8 heteroatoms. The summed E-state index contributed by atoms with van der Waals surface area (Å²) in [7, 11) is 0. The fourth-order valence-corrected chi connectivity index (χ4v) is 3.53. The van der Waals surface area contributed by atoms with Crippen molar-refractivity contribution in [2.75, 3.05) is 0 Å². The highest BCUT2D eigenvalue weighted by Crippen LogP contribution is 2.22. The molecule has 6 nitrogen and oxygen atoms in total. The quantitative estimate of drug-likeness (QED) is 0.329. The molecule has 0 fully saturated rings. The number of pyridine rings is 2. The zero-order valence-electron chi connectivity index (χ0n) is 19.8.